The molecule has 0 aromatic heterocycles. The number of hydrogen-bond donors (Lipinski definition) is 2. The molecule has 4 aromatic carbocycles. The molecule has 2 amide bonds. The molecule has 2 saturated heterocycles. The van der Waals surface area contributed by atoms with Gasteiger partial charge in [0.25, 0.3) is 16.2 Å². The summed E-state index contributed by atoms with van der Waals surface area (Å²) in [7, 11) is -12.3. The average Bonchev–Trinajstić information content (AvgIpc) is 3.60. The molecule has 5 atom stereocenters. The Morgan fingerprint density at radius 2 is 1.01 bits per heavy atom. The van der Waals surface area contributed by atoms with Gasteiger partial charge in [-0.05, 0) is 85.3 Å². The Labute approximate surface area is 442 Å². The molecular formula is C54H79F7N8O4S2. The van der Waals surface area contributed by atoms with Crippen LogP contribution >= 0.6 is 0 Å². The van der Waals surface area contributed by atoms with Gasteiger partial charge in [0.05, 0.1) is 12.1 Å². The molecule has 0 radical (unpaired) electrons. The Morgan fingerprint density at radius 3 is 1.45 bits per heavy atom. The van der Waals surface area contributed by atoms with Gasteiger partial charge < -0.3 is 20.9 Å². The van der Waals surface area contributed by atoms with Gasteiger partial charge >= 0.3 is 10.6 Å². The molecule has 2 saturated carbocycles. The van der Waals surface area contributed by atoms with Crippen molar-refractivity contribution < 1.29 is 46.2 Å². The van der Waals surface area contributed by atoms with E-state index in [9.17, 15) is 38.1 Å². The normalized spacial score (nSPS) is 22.4. The van der Waals surface area contributed by atoms with Crippen LogP contribution in [0.1, 0.15) is 117 Å². The minimum atomic E-state index is -8.10. The van der Waals surface area contributed by atoms with Gasteiger partial charge in [0.2, 0.25) is 5.91 Å². The first kappa shape index (κ1) is 64.2. The van der Waals surface area contributed by atoms with Gasteiger partial charge in [-0.3, -0.25) is 19.4 Å². The van der Waals surface area contributed by atoms with Gasteiger partial charge in [0.1, 0.15) is 17.7 Å². The number of rotatable bonds is 11. The fourth-order valence-electron chi connectivity index (χ4n) is 10.4. The van der Waals surface area contributed by atoms with E-state index >= 15 is 3.89 Å². The monoisotopic (exact) mass is 1100 g/mol. The van der Waals surface area contributed by atoms with Gasteiger partial charge in [-0.15, -0.1) is 3.89 Å². The third-order valence-corrected chi connectivity index (χ3v) is 15.3. The molecular weight excluding hydrogens is 1020 g/mol. The second kappa shape index (κ2) is 28.3. The average molecular weight is 1100 g/mol. The zero-order valence-corrected chi connectivity index (χ0v) is 41.1. The van der Waals surface area contributed by atoms with E-state index in [4.69, 9.17) is 9.94 Å². The lowest BCUT2D eigenvalue weighted by Crippen LogP contribution is -2.56. The number of nitrogens with two attached hydrogens (primary N) is 1. The number of carbonyl (C=O) groups excluding carboxylic acids is 2. The van der Waals surface area contributed by atoms with Gasteiger partial charge in [-0.1, -0.05) is 144 Å². The Hall–Kier alpha value is -5.09. The lowest BCUT2D eigenvalue weighted by molar-refractivity contribution is -0.130. The van der Waals surface area contributed by atoms with Crippen LogP contribution in [0, 0.1) is 11.6 Å². The van der Waals surface area contributed by atoms with E-state index in [1.807, 2.05) is 60.7 Å². The maximum absolute atomic E-state index is 15.3. The number of anilines is 2. The number of amides is 2. The number of halogens is 7. The van der Waals surface area contributed by atoms with Crippen molar-refractivity contribution in [1.29, 1.82) is 0 Å². The van der Waals surface area contributed by atoms with E-state index in [1.165, 1.54) is 43.5 Å². The lowest BCUT2D eigenvalue weighted by atomic mass is 9.93. The second-order valence-corrected chi connectivity index (χ2v) is 21.3. The van der Waals surface area contributed by atoms with Gasteiger partial charge in [0.15, 0.2) is 6.04 Å². The Balaban J connectivity index is 0.000000341. The summed E-state index contributed by atoms with van der Waals surface area (Å²) < 4.78 is 108. The molecule has 75 heavy (non-hydrogen) atoms. The number of nitrogens with one attached hydrogen (secondary N) is 1. The van der Waals surface area contributed by atoms with Crippen molar-refractivity contribution in [3.8, 4) is 0 Å². The molecule has 0 spiro atoms. The molecule has 3 N–H and O–H groups in total. The Kier molecular flexibility index (Phi) is 24.3. The van der Waals surface area contributed by atoms with E-state index in [-0.39, 0.29) is 65.4 Å². The topological polar surface area (TPSA) is 135 Å². The number of benzene rings is 4. The maximum Gasteiger partial charge on any atom is 0.456 e. The highest BCUT2D eigenvalue weighted by Gasteiger charge is 2.49. The molecule has 4 aromatic rings. The van der Waals surface area contributed by atoms with Crippen LogP contribution < -0.4 is 20.9 Å². The molecule has 3 heterocycles. The molecule has 21 heteroatoms. The van der Waals surface area contributed by atoms with Crippen LogP contribution in [0.2, 0.25) is 0 Å². The Bertz CT molecular complexity index is 2530. The van der Waals surface area contributed by atoms with Crippen LogP contribution in [0.25, 0.3) is 0 Å². The fraction of sp³-hybridized carbons (Fsp3) is 0.519. The number of nitrogens with zero attached hydrogens (tertiary/aromatic N) is 6. The van der Waals surface area contributed by atoms with Crippen molar-refractivity contribution in [2.24, 2.45) is 10.1 Å². The van der Waals surface area contributed by atoms with Crippen LogP contribution in [0.5, 0.6) is 0 Å². The first-order chi connectivity index (χ1) is 33.8. The largest absolute Gasteiger partial charge is 0.456 e. The third kappa shape index (κ3) is 18.3. The predicted molar refractivity (Wildman–Crippen MR) is 290 cm³/mol. The van der Waals surface area contributed by atoms with Gasteiger partial charge in [0, 0.05) is 75.8 Å². The zero-order valence-electron chi connectivity index (χ0n) is 39.4. The van der Waals surface area contributed by atoms with Crippen molar-refractivity contribution >= 4 is 44.1 Å². The SMILES string of the molecule is C.C.C.C.N[C@@H](C(=O)NC1CCCCC1)[C@H](c1ccccc1)N1CCN(c2ccc(F)cc2)CC1.O=C1[C@@H]([C@H](c2ccccc2)N2CCN(c3ccc(F)cc3)CC2)N=S(=O)(F)N1C1CCCCC1.O=S(F)(F)(F)F. The summed E-state index contributed by atoms with van der Waals surface area (Å²) >= 11 is 0. The highest BCUT2D eigenvalue weighted by Crippen LogP contribution is 2.39. The van der Waals surface area contributed by atoms with E-state index in [0.29, 0.717) is 39.0 Å². The number of carbonyl (C=O) groups is 2. The van der Waals surface area contributed by atoms with E-state index < -0.39 is 44.9 Å². The summed E-state index contributed by atoms with van der Waals surface area (Å²) in [6, 6.07) is 30.3. The maximum atomic E-state index is 15.3. The molecule has 9 rings (SSSR count). The van der Waals surface area contributed by atoms with Crippen LogP contribution in [-0.4, -0.2) is 111 Å². The van der Waals surface area contributed by atoms with E-state index in [0.717, 1.165) is 85.1 Å². The molecule has 420 valence electrons. The minimum Gasteiger partial charge on any atom is -0.369 e. The summed E-state index contributed by atoms with van der Waals surface area (Å²) in [5.41, 5.74) is 10.5. The first-order valence-corrected chi connectivity index (χ1v) is 27.2. The van der Waals surface area contributed by atoms with E-state index in [2.05, 4.69) is 41.4 Å². The van der Waals surface area contributed by atoms with Crippen LogP contribution in [-0.2, 0) is 30.5 Å². The van der Waals surface area contributed by atoms with Crippen molar-refractivity contribution in [2.45, 2.75) is 130 Å². The summed E-state index contributed by atoms with van der Waals surface area (Å²) in [6.45, 7) is 5.79. The Morgan fingerprint density at radius 1 is 0.613 bits per heavy atom. The highest BCUT2D eigenvalue weighted by molar-refractivity contribution is 8.01. The minimum absolute atomic E-state index is 0. The van der Waals surface area contributed by atoms with Crippen LogP contribution in [0.4, 0.5) is 39.6 Å². The standard InChI is InChI=1S/C25H30F2N4O2S.C25H33FN4O.4CH4.F4OS/c26-20-11-13-21(14-12-20)29-15-17-30(18-16-29)24(19-7-3-1-4-8-19)23-25(32)31(34(27,33)28-23)22-9-5-2-6-10-22;26-20-11-13-22(14-12-20)29-15-17-30(18-16-29)24(19-7-3-1-4-8-19)23(27)25(31)28-21-9-5-2-6-10-21;;;;;1-6(2,3,4)5/h1,3-4,7-8,11-14,22-24H,2,5-6,9-10,15-18H2;1,3-4,7-8,11-14,21,23-24H,2,5-6,9-10,15-18,27H2,(H,28,31);4*1H4;/t23-,24+,34?;23-,24+;;;;;/m11...../s1. The van der Waals surface area contributed by atoms with Crippen molar-refractivity contribution in [3.05, 3.63) is 132 Å². The fourth-order valence-corrected chi connectivity index (χ4v) is 11.9. The third-order valence-electron chi connectivity index (χ3n) is 13.8. The molecule has 0 bridgehead atoms. The summed E-state index contributed by atoms with van der Waals surface area (Å²) in [5, 5.41) is 3.21. The molecule has 4 fully saturated rings. The molecule has 5 aliphatic rings. The number of hydrogen-bond acceptors (Lipinski definition) is 10. The van der Waals surface area contributed by atoms with Gasteiger partial charge in [-0.25, -0.2) is 13.1 Å². The molecule has 2 aliphatic carbocycles. The lowest BCUT2D eigenvalue weighted by Gasteiger charge is -2.42. The predicted octanol–water partition coefficient (Wildman–Crippen LogP) is 11.9. The highest BCUT2D eigenvalue weighted by atomic mass is 32.4. The van der Waals surface area contributed by atoms with Crippen molar-refractivity contribution in [1.82, 2.24) is 19.4 Å². The van der Waals surface area contributed by atoms with E-state index in [1.54, 1.807) is 12.1 Å². The van der Waals surface area contributed by atoms with Crippen molar-refractivity contribution in [3.63, 3.8) is 0 Å². The first-order valence-electron chi connectivity index (χ1n) is 24.3. The van der Waals surface area contributed by atoms with Gasteiger partial charge in [-0.2, -0.15) is 12.8 Å². The zero-order chi connectivity index (χ0) is 50.8. The second-order valence-electron chi connectivity index (χ2n) is 18.6. The number of piperazine rings is 2. The van der Waals surface area contributed by atoms with Crippen LogP contribution in [0.3, 0.4) is 0 Å². The summed E-state index contributed by atoms with van der Waals surface area (Å²) in [6.07, 6.45) is 9.89. The quantitative estimate of drug-likeness (QED) is 0.111. The summed E-state index contributed by atoms with van der Waals surface area (Å²) in [5.74, 6) is -1.01. The molecule has 12 nitrogen and oxygen atoms in total. The smallest absolute Gasteiger partial charge is 0.369 e. The van der Waals surface area contributed by atoms with Crippen LogP contribution in [0.15, 0.2) is 114 Å². The summed E-state index contributed by atoms with van der Waals surface area (Å²) in [4.78, 5) is 35.5. The molecule has 1 unspecified atom stereocenters. The van der Waals surface area contributed by atoms with Crippen molar-refractivity contribution in [2.75, 3.05) is 62.2 Å². The molecule has 3 aliphatic heterocycles.